The first-order valence-corrected chi connectivity index (χ1v) is 7.33. The van der Waals surface area contributed by atoms with Gasteiger partial charge in [0.15, 0.2) is 0 Å². The SMILES string of the molecule is OC(CNCCc1ccc(Cl)s1)c1ccc(F)cc1F. The van der Waals surface area contributed by atoms with Gasteiger partial charge in [0.05, 0.1) is 10.4 Å². The van der Waals surface area contributed by atoms with E-state index in [2.05, 4.69) is 5.32 Å². The molecule has 0 amide bonds. The largest absolute Gasteiger partial charge is 0.387 e. The molecule has 1 aromatic carbocycles. The average Bonchev–Trinajstić information content (AvgIpc) is 2.80. The average molecular weight is 318 g/mol. The lowest BCUT2D eigenvalue weighted by Gasteiger charge is -2.12. The number of aliphatic hydroxyl groups is 1. The summed E-state index contributed by atoms with van der Waals surface area (Å²) < 4.78 is 26.9. The smallest absolute Gasteiger partial charge is 0.131 e. The molecule has 0 fully saturated rings. The fourth-order valence-electron chi connectivity index (χ4n) is 1.82. The first-order chi connectivity index (χ1) is 9.56. The van der Waals surface area contributed by atoms with Gasteiger partial charge in [0.25, 0.3) is 0 Å². The summed E-state index contributed by atoms with van der Waals surface area (Å²) in [5, 5.41) is 12.9. The molecule has 1 atom stereocenters. The number of rotatable bonds is 6. The van der Waals surface area contributed by atoms with Crippen LogP contribution in [0, 0.1) is 11.6 Å². The maximum Gasteiger partial charge on any atom is 0.131 e. The predicted molar refractivity (Wildman–Crippen MR) is 77.2 cm³/mol. The van der Waals surface area contributed by atoms with E-state index in [1.54, 1.807) is 0 Å². The molecule has 0 bridgehead atoms. The molecule has 0 radical (unpaired) electrons. The van der Waals surface area contributed by atoms with E-state index in [1.807, 2.05) is 12.1 Å². The van der Waals surface area contributed by atoms with Crippen LogP contribution in [0.25, 0.3) is 0 Å². The number of benzene rings is 1. The van der Waals surface area contributed by atoms with E-state index in [4.69, 9.17) is 11.6 Å². The molecule has 6 heteroatoms. The molecule has 2 rings (SSSR count). The second-order valence-electron chi connectivity index (χ2n) is 4.34. The first kappa shape index (κ1) is 15.4. The highest BCUT2D eigenvalue weighted by Crippen LogP contribution is 2.21. The van der Waals surface area contributed by atoms with E-state index < -0.39 is 17.7 Å². The summed E-state index contributed by atoms with van der Waals surface area (Å²) >= 11 is 7.33. The highest BCUT2D eigenvalue weighted by molar-refractivity contribution is 7.16. The molecule has 20 heavy (non-hydrogen) atoms. The van der Waals surface area contributed by atoms with Crippen molar-refractivity contribution in [2.45, 2.75) is 12.5 Å². The third kappa shape index (κ3) is 4.24. The van der Waals surface area contributed by atoms with E-state index in [0.29, 0.717) is 6.54 Å². The second kappa shape index (κ2) is 7.13. The number of nitrogens with one attached hydrogen (secondary N) is 1. The topological polar surface area (TPSA) is 32.3 Å². The van der Waals surface area contributed by atoms with Gasteiger partial charge >= 0.3 is 0 Å². The number of hydrogen-bond acceptors (Lipinski definition) is 3. The van der Waals surface area contributed by atoms with Gasteiger partial charge in [-0.15, -0.1) is 11.3 Å². The molecule has 2 nitrogen and oxygen atoms in total. The van der Waals surface area contributed by atoms with Gasteiger partial charge in [0.1, 0.15) is 11.6 Å². The fourth-order valence-corrected chi connectivity index (χ4v) is 2.91. The zero-order chi connectivity index (χ0) is 14.5. The molecule has 0 aliphatic heterocycles. The van der Waals surface area contributed by atoms with Crippen molar-refractivity contribution in [1.82, 2.24) is 5.32 Å². The fraction of sp³-hybridized carbons (Fsp3) is 0.286. The molecular weight excluding hydrogens is 304 g/mol. The third-order valence-corrected chi connectivity index (χ3v) is 4.13. The highest BCUT2D eigenvalue weighted by Gasteiger charge is 2.13. The van der Waals surface area contributed by atoms with Crippen molar-refractivity contribution in [3.63, 3.8) is 0 Å². The lowest BCUT2D eigenvalue weighted by atomic mass is 10.1. The van der Waals surface area contributed by atoms with Crippen molar-refractivity contribution >= 4 is 22.9 Å². The van der Waals surface area contributed by atoms with Crippen LogP contribution in [-0.4, -0.2) is 18.2 Å². The molecule has 0 saturated heterocycles. The summed E-state index contributed by atoms with van der Waals surface area (Å²) in [6, 6.07) is 6.95. The van der Waals surface area contributed by atoms with E-state index >= 15 is 0 Å². The Balaban J connectivity index is 1.78. The van der Waals surface area contributed by atoms with Crippen LogP contribution in [0.1, 0.15) is 16.5 Å². The maximum absolute atomic E-state index is 13.4. The maximum atomic E-state index is 13.4. The van der Waals surface area contributed by atoms with Crippen LogP contribution >= 0.6 is 22.9 Å². The Bertz CT molecular complexity index is 576. The third-order valence-electron chi connectivity index (χ3n) is 2.84. The molecule has 2 N–H and O–H groups in total. The number of halogens is 3. The molecule has 1 unspecified atom stereocenters. The van der Waals surface area contributed by atoms with E-state index in [-0.39, 0.29) is 12.1 Å². The Morgan fingerprint density at radius 3 is 2.70 bits per heavy atom. The van der Waals surface area contributed by atoms with Crippen molar-refractivity contribution in [2.75, 3.05) is 13.1 Å². The summed E-state index contributed by atoms with van der Waals surface area (Å²) in [6.07, 6.45) is -0.210. The molecule has 2 aromatic rings. The Morgan fingerprint density at radius 2 is 2.05 bits per heavy atom. The molecule has 0 aliphatic rings. The van der Waals surface area contributed by atoms with Gasteiger partial charge in [-0.25, -0.2) is 8.78 Å². The standard InChI is InChI=1S/C14H14ClF2NOS/c15-14-4-2-10(20-14)5-6-18-8-13(19)11-3-1-9(16)7-12(11)17/h1-4,7,13,18-19H,5-6,8H2. The van der Waals surface area contributed by atoms with Crippen molar-refractivity contribution in [3.8, 4) is 0 Å². The van der Waals surface area contributed by atoms with Crippen LogP contribution in [0.2, 0.25) is 4.34 Å². The number of thiophene rings is 1. The molecule has 1 aromatic heterocycles. The van der Waals surface area contributed by atoms with E-state index in [0.717, 1.165) is 27.8 Å². The van der Waals surface area contributed by atoms with Gasteiger partial charge in [-0.2, -0.15) is 0 Å². The Morgan fingerprint density at radius 1 is 1.25 bits per heavy atom. The summed E-state index contributed by atoms with van der Waals surface area (Å²) in [5.74, 6) is -1.38. The van der Waals surface area contributed by atoms with Gasteiger partial charge in [-0.3, -0.25) is 0 Å². The van der Waals surface area contributed by atoms with Gasteiger partial charge in [-0.1, -0.05) is 17.7 Å². The Kier molecular flexibility index (Phi) is 5.48. The molecule has 108 valence electrons. The molecule has 1 heterocycles. The normalized spacial score (nSPS) is 12.6. The van der Waals surface area contributed by atoms with Crippen LogP contribution < -0.4 is 5.32 Å². The first-order valence-electron chi connectivity index (χ1n) is 6.14. The molecule has 0 spiro atoms. The summed E-state index contributed by atoms with van der Waals surface area (Å²) in [7, 11) is 0. The van der Waals surface area contributed by atoms with E-state index in [9.17, 15) is 13.9 Å². The number of hydrogen-bond donors (Lipinski definition) is 2. The summed E-state index contributed by atoms with van der Waals surface area (Å²) in [5.41, 5.74) is 0.0954. The summed E-state index contributed by atoms with van der Waals surface area (Å²) in [6.45, 7) is 0.859. The van der Waals surface area contributed by atoms with Crippen LogP contribution in [0.15, 0.2) is 30.3 Å². The van der Waals surface area contributed by atoms with Crippen molar-refractivity contribution in [3.05, 3.63) is 56.7 Å². The van der Waals surface area contributed by atoms with Crippen LogP contribution in [0.4, 0.5) is 8.78 Å². The zero-order valence-electron chi connectivity index (χ0n) is 10.6. The minimum atomic E-state index is -0.998. The van der Waals surface area contributed by atoms with Gasteiger partial charge in [0.2, 0.25) is 0 Å². The van der Waals surface area contributed by atoms with Crippen LogP contribution in [-0.2, 0) is 6.42 Å². The van der Waals surface area contributed by atoms with Crippen molar-refractivity contribution in [1.29, 1.82) is 0 Å². The second-order valence-corrected chi connectivity index (χ2v) is 6.14. The molecule has 0 saturated carbocycles. The van der Waals surface area contributed by atoms with Gasteiger partial charge in [-0.05, 0) is 24.6 Å². The Labute approximate surface area is 125 Å². The lowest BCUT2D eigenvalue weighted by Crippen LogP contribution is -2.24. The monoisotopic (exact) mass is 317 g/mol. The van der Waals surface area contributed by atoms with Crippen molar-refractivity contribution in [2.24, 2.45) is 0 Å². The molecular formula is C14H14ClF2NOS. The van der Waals surface area contributed by atoms with Gasteiger partial charge < -0.3 is 10.4 Å². The van der Waals surface area contributed by atoms with Crippen LogP contribution in [0.5, 0.6) is 0 Å². The minimum absolute atomic E-state index is 0.0954. The zero-order valence-corrected chi connectivity index (χ0v) is 12.1. The molecule has 0 aliphatic carbocycles. The lowest BCUT2D eigenvalue weighted by molar-refractivity contribution is 0.170. The quantitative estimate of drug-likeness (QED) is 0.799. The predicted octanol–water partition coefficient (Wildman–Crippen LogP) is 3.55. The Hall–Kier alpha value is -1.01. The highest BCUT2D eigenvalue weighted by atomic mass is 35.5. The van der Waals surface area contributed by atoms with Crippen LogP contribution in [0.3, 0.4) is 0 Å². The minimum Gasteiger partial charge on any atom is -0.387 e. The van der Waals surface area contributed by atoms with E-state index in [1.165, 1.54) is 17.4 Å². The van der Waals surface area contributed by atoms with Crippen molar-refractivity contribution < 1.29 is 13.9 Å². The summed E-state index contributed by atoms with van der Waals surface area (Å²) in [4.78, 5) is 1.14. The van der Waals surface area contributed by atoms with Gasteiger partial charge in [0, 0.05) is 29.6 Å². The number of aliphatic hydroxyl groups excluding tert-OH is 1.